The summed E-state index contributed by atoms with van der Waals surface area (Å²) in [7, 11) is 5.62. The fourth-order valence-corrected chi connectivity index (χ4v) is 2.92. The topological polar surface area (TPSA) is 54.5 Å². The first kappa shape index (κ1) is 17.9. The molecule has 0 aliphatic rings. The molecule has 2 aromatic carbocycles. The smallest absolute Gasteiger partial charge is 0.251 e. The van der Waals surface area contributed by atoms with Crippen LogP contribution in [0.4, 0.5) is 0 Å². The van der Waals surface area contributed by atoms with Gasteiger partial charge in [0.05, 0.1) is 13.2 Å². The summed E-state index contributed by atoms with van der Waals surface area (Å²) >= 11 is 0. The van der Waals surface area contributed by atoms with Gasteiger partial charge in [-0.15, -0.1) is 0 Å². The van der Waals surface area contributed by atoms with Crippen LogP contribution in [-0.4, -0.2) is 43.5 Å². The van der Waals surface area contributed by atoms with Crippen molar-refractivity contribution in [1.82, 2.24) is 15.2 Å². The van der Waals surface area contributed by atoms with Gasteiger partial charge in [0, 0.05) is 29.9 Å². The van der Waals surface area contributed by atoms with Crippen molar-refractivity contribution in [3.8, 4) is 5.75 Å². The van der Waals surface area contributed by atoms with Gasteiger partial charge in [-0.05, 0) is 55.4 Å². The van der Waals surface area contributed by atoms with Crippen LogP contribution >= 0.6 is 0 Å². The van der Waals surface area contributed by atoms with Gasteiger partial charge in [-0.25, -0.2) is 0 Å². The maximum atomic E-state index is 12.8. The molecule has 1 atom stereocenters. The van der Waals surface area contributed by atoms with Crippen LogP contribution in [0.3, 0.4) is 0 Å². The van der Waals surface area contributed by atoms with Gasteiger partial charge in [-0.3, -0.25) is 9.78 Å². The van der Waals surface area contributed by atoms with E-state index < -0.39 is 0 Å². The Morgan fingerprint density at radius 1 is 1.15 bits per heavy atom. The highest BCUT2D eigenvalue weighted by atomic mass is 16.5. The number of carbonyl (C=O) groups is 1. The number of nitrogens with one attached hydrogen (secondary N) is 1. The largest absolute Gasteiger partial charge is 0.497 e. The molecule has 3 rings (SSSR count). The molecule has 0 spiro atoms. The molecule has 0 saturated carbocycles. The lowest BCUT2D eigenvalue weighted by molar-refractivity contribution is 0.0930. The second-order valence-electron chi connectivity index (χ2n) is 6.50. The second kappa shape index (κ2) is 7.97. The van der Waals surface area contributed by atoms with Crippen molar-refractivity contribution in [2.75, 3.05) is 27.7 Å². The summed E-state index contributed by atoms with van der Waals surface area (Å²) in [4.78, 5) is 19.0. The molecular weight excluding hydrogens is 326 g/mol. The van der Waals surface area contributed by atoms with E-state index in [1.165, 1.54) is 0 Å². The quantitative estimate of drug-likeness (QED) is 0.742. The molecule has 0 fully saturated rings. The molecular formula is C21H23N3O2. The Morgan fingerprint density at radius 3 is 2.77 bits per heavy atom. The summed E-state index contributed by atoms with van der Waals surface area (Å²) in [6.45, 7) is 0.691. The summed E-state index contributed by atoms with van der Waals surface area (Å²) in [5, 5.41) is 5.16. The van der Waals surface area contributed by atoms with Crippen molar-refractivity contribution >= 4 is 16.7 Å². The van der Waals surface area contributed by atoms with Gasteiger partial charge in [0.2, 0.25) is 0 Å². The maximum Gasteiger partial charge on any atom is 0.251 e. The third-order valence-corrected chi connectivity index (χ3v) is 4.25. The number of ether oxygens (including phenoxy) is 1. The van der Waals surface area contributed by atoms with E-state index in [4.69, 9.17) is 4.74 Å². The average Bonchev–Trinajstić information content (AvgIpc) is 2.66. The number of hydrogen-bond acceptors (Lipinski definition) is 4. The maximum absolute atomic E-state index is 12.8. The molecule has 0 radical (unpaired) electrons. The molecule has 5 nitrogen and oxygen atoms in total. The molecule has 134 valence electrons. The lowest BCUT2D eigenvalue weighted by Gasteiger charge is -2.23. The number of likely N-dealkylation sites (N-methyl/N-ethyl adjacent to an activating group) is 1. The first-order valence-corrected chi connectivity index (χ1v) is 8.50. The van der Waals surface area contributed by atoms with Gasteiger partial charge in [-0.2, -0.15) is 0 Å². The lowest BCUT2D eigenvalue weighted by atomic mass is 10.0. The summed E-state index contributed by atoms with van der Waals surface area (Å²) in [5.41, 5.74) is 1.65. The van der Waals surface area contributed by atoms with Crippen LogP contribution in [0.2, 0.25) is 0 Å². The van der Waals surface area contributed by atoms with Crippen LogP contribution in [-0.2, 0) is 0 Å². The van der Waals surface area contributed by atoms with Crippen molar-refractivity contribution in [3.63, 3.8) is 0 Å². The SMILES string of the molecule is COc1cccc([C@@H](CN(C)C)NC(=O)c2ccc3cnccc3c2)c1. The van der Waals surface area contributed by atoms with E-state index in [2.05, 4.69) is 15.2 Å². The number of rotatable bonds is 6. The van der Waals surface area contributed by atoms with Gasteiger partial charge >= 0.3 is 0 Å². The van der Waals surface area contributed by atoms with Crippen molar-refractivity contribution in [2.45, 2.75) is 6.04 Å². The number of amides is 1. The number of hydrogen-bond donors (Lipinski definition) is 1. The zero-order chi connectivity index (χ0) is 18.5. The molecule has 0 saturated heterocycles. The zero-order valence-corrected chi connectivity index (χ0v) is 15.3. The third kappa shape index (κ3) is 4.18. The number of fused-ring (bicyclic) bond motifs is 1. The predicted octanol–water partition coefficient (Wildman–Crippen LogP) is 3.28. The molecule has 3 aromatic rings. The van der Waals surface area contributed by atoms with E-state index in [1.54, 1.807) is 19.5 Å². The first-order chi connectivity index (χ1) is 12.6. The van der Waals surface area contributed by atoms with Crippen LogP contribution in [0.25, 0.3) is 10.8 Å². The summed E-state index contributed by atoms with van der Waals surface area (Å²) < 4.78 is 5.32. The number of aromatic nitrogens is 1. The van der Waals surface area contributed by atoms with E-state index in [9.17, 15) is 4.79 Å². The third-order valence-electron chi connectivity index (χ3n) is 4.25. The molecule has 1 aromatic heterocycles. The Bertz CT molecular complexity index is 908. The molecule has 0 unspecified atom stereocenters. The van der Waals surface area contributed by atoms with Gasteiger partial charge in [-0.1, -0.05) is 18.2 Å². The van der Waals surface area contributed by atoms with Gasteiger partial charge < -0.3 is 15.0 Å². The Balaban J connectivity index is 1.85. The minimum atomic E-state index is -0.138. The highest BCUT2D eigenvalue weighted by molar-refractivity contribution is 5.98. The van der Waals surface area contributed by atoms with E-state index in [1.807, 2.05) is 62.6 Å². The highest BCUT2D eigenvalue weighted by Crippen LogP contribution is 2.21. The van der Waals surface area contributed by atoms with E-state index in [0.29, 0.717) is 12.1 Å². The van der Waals surface area contributed by atoms with Crippen LogP contribution in [0.1, 0.15) is 22.0 Å². The van der Waals surface area contributed by atoms with Gasteiger partial charge in [0.15, 0.2) is 0 Å². The predicted molar refractivity (Wildman–Crippen MR) is 103 cm³/mol. The lowest BCUT2D eigenvalue weighted by Crippen LogP contribution is -2.35. The Morgan fingerprint density at radius 2 is 2.00 bits per heavy atom. The van der Waals surface area contributed by atoms with Crippen LogP contribution in [0, 0.1) is 0 Å². The van der Waals surface area contributed by atoms with E-state index in [0.717, 1.165) is 22.1 Å². The Hall–Kier alpha value is -2.92. The first-order valence-electron chi connectivity index (χ1n) is 8.50. The van der Waals surface area contributed by atoms with Crippen LogP contribution in [0.15, 0.2) is 60.9 Å². The average molecular weight is 349 g/mol. The van der Waals surface area contributed by atoms with Gasteiger partial charge in [0.25, 0.3) is 5.91 Å². The van der Waals surface area contributed by atoms with Crippen molar-refractivity contribution in [2.24, 2.45) is 0 Å². The summed E-state index contributed by atoms with van der Waals surface area (Å²) in [6.07, 6.45) is 3.53. The Kier molecular flexibility index (Phi) is 5.49. The standard InChI is InChI=1S/C21H23N3O2/c1-24(2)14-20(16-5-4-6-19(12-16)26-3)23-21(25)17-7-8-18-13-22-10-9-15(18)11-17/h4-13,20H,14H2,1-3H3,(H,23,25)/t20-/m1/s1. The minimum absolute atomic E-state index is 0.0987. The fourth-order valence-electron chi connectivity index (χ4n) is 2.92. The van der Waals surface area contributed by atoms with Crippen LogP contribution in [0.5, 0.6) is 5.75 Å². The molecule has 1 amide bonds. The number of carbonyl (C=O) groups excluding carboxylic acids is 1. The zero-order valence-electron chi connectivity index (χ0n) is 15.3. The molecule has 1 heterocycles. The summed E-state index contributed by atoms with van der Waals surface area (Å²) in [6, 6.07) is 15.2. The number of nitrogens with zero attached hydrogens (tertiary/aromatic N) is 2. The molecule has 0 aliphatic heterocycles. The fraction of sp³-hybridized carbons (Fsp3) is 0.238. The molecule has 5 heteroatoms. The van der Waals surface area contributed by atoms with Crippen molar-refractivity contribution < 1.29 is 9.53 Å². The van der Waals surface area contributed by atoms with Crippen molar-refractivity contribution in [3.05, 3.63) is 72.1 Å². The number of pyridine rings is 1. The van der Waals surface area contributed by atoms with E-state index in [-0.39, 0.29) is 11.9 Å². The highest BCUT2D eigenvalue weighted by Gasteiger charge is 2.17. The number of methoxy groups -OCH3 is 1. The normalized spacial score (nSPS) is 12.2. The molecule has 0 bridgehead atoms. The molecule has 0 aliphatic carbocycles. The van der Waals surface area contributed by atoms with E-state index >= 15 is 0 Å². The monoisotopic (exact) mass is 349 g/mol. The molecule has 1 N–H and O–H groups in total. The van der Waals surface area contributed by atoms with Crippen molar-refractivity contribution in [1.29, 1.82) is 0 Å². The minimum Gasteiger partial charge on any atom is -0.497 e. The second-order valence-corrected chi connectivity index (χ2v) is 6.50. The van der Waals surface area contributed by atoms with Crippen LogP contribution < -0.4 is 10.1 Å². The number of benzene rings is 2. The summed E-state index contributed by atoms with van der Waals surface area (Å²) in [5.74, 6) is 0.678. The van der Waals surface area contributed by atoms with Gasteiger partial charge in [0.1, 0.15) is 5.75 Å². The molecule has 26 heavy (non-hydrogen) atoms. The Labute approximate surface area is 153 Å².